The molecule has 0 N–H and O–H groups in total. The second-order valence-electron chi connectivity index (χ2n) is 5.34. The van der Waals surface area contributed by atoms with Crippen molar-refractivity contribution in [3.63, 3.8) is 0 Å². The highest BCUT2D eigenvalue weighted by atomic mass is 127. The molecule has 4 nitrogen and oxygen atoms in total. The Morgan fingerprint density at radius 2 is 1.82 bits per heavy atom. The van der Waals surface area contributed by atoms with Crippen LogP contribution in [0.25, 0.3) is 0 Å². The molecule has 122 valence electrons. The first kappa shape index (κ1) is 20.4. The van der Waals surface area contributed by atoms with Crippen LogP contribution >= 0.6 is 67.8 Å². The van der Waals surface area contributed by atoms with Crippen molar-refractivity contribution in [2.75, 3.05) is 6.61 Å². The first-order valence-corrected chi connectivity index (χ1v) is 9.87. The molecule has 0 spiro atoms. The van der Waals surface area contributed by atoms with E-state index in [1.807, 2.05) is 26.0 Å². The lowest BCUT2D eigenvalue weighted by Crippen LogP contribution is -2.27. The fourth-order valence-corrected chi connectivity index (χ4v) is 4.26. The SMILES string of the molecule is CC(=O)OC(C)(C)CCCOC(=O)c1cc(I)cc(I)c1I. The lowest BCUT2D eigenvalue weighted by Gasteiger charge is -2.24. The Labute approximate surface area is 171 Å². The van der Waals surface area contributed by atoms with Gasteiger partial charge in [-0.3, -0.25) is 4.79 Å². The van der Waals surface area contributed by atoms with Gasteiger partial charge in [0.15, 0.2) is 0 Å². The Morgan fingerprint density at radius 3 is 2.41 bits per heavy atom. The van der Waals surface area contributed by atoms with Gasteiger partial charge in [0.25, 0.3) is 0 Å². The fraction of sp³-hybridized carbons (Fsp3) is 0.467. The van der Waals surface area contributed by atoms with E-state index < -0.39 is 5.60 Å². The van der Waals surface area contributed by atoms with Crippen LogP contribution in [-0.4, -0.2) is 24.1 Å². The minimum absolute atomic E-state index is 0.301. The van der Waals surface area contributed by atoms with Crippen molar-refractivity contribution in [1.82, 2.24) is 0 Å². The molecule has 0 amide bonds. The van der Waals surface area contributed by atoms with Crippen LogP contribution in [0.2, 0.25) is 0 Å². The molecule has 0 fully saturated rings. The number of rotatable bonds is 6. The Morgan fingerprint density at radius 1 is 1.18 bits per heavy atom. The van der Waals surface area contributed by atoms with E-state index in [2.05, 4.69) is 67.8 Å². The summed E-state index contributed by atoms with van der Waals surface area (Å²) >= 11 is 6.55. The number of halogens is 3. The third-order valence-electron chi connectivity index (χ3n) is 2.79. The lowest BCUT2D eigenvalue weighted by atomic mass is 10.0. The van der Waals surface area contributed by atoms with Gasteiger partial charge < -0.3 is 9.47 Å². The first-order chi connectivity index (χ1) is 10.1. The molecule has 22 heavy (non-hydrogen) atoms. The zero-order valence-electron chi connectivity index (χ0n) is 12.5. The van der Waals surface area contributed by atoms with E-state index in [0.717, 1.165) is 10.7 Å². The van der Waals surface area contributed by atoms with Gasteiger partial charge in [0.2, 0.25) is 0 Å². The van der Waals surface area contributed by atoms with Gasteiger partial charge in [-0.1, -0.05) is 0 Å². The normalized spacial score (nSPS) is 11.2. The number of benzene rings is 1. The van der Waals surface area contributed by atoms with Gasteiger partial charge in [-0.25, -0.2) is 4.79 Å². The van der Waals surface area contributed by atoms with E-state index in [4.69, 9.17) is 9.47 Å². The second-order valence-corrected chi connectivity index (χ2v) is 8.83. The molecule has 0 aliphatic rings. The minimum atomic E-state index is -0.538. The largest absolute Gasteiger partial charge is 0.462 e. The summed E-state index contributed by atoms with van der Waals surface area (Å²) in [6, 6.07) is 3.84. The van der Waals surface area contributed by atoms with E-state index in [9.17, 15) is 9.59 Å². The van der Waals surface area contributed by atoms with Crippen molar-refractivity contribution in [2.24, 2.45) is 0 Å². The number of carbonyl (C=O) groups is 2. The van der Waals surface area contributed by atoms with Gasteiger partial charge in [0.05, 0.1) is 12.2 Å². The van der Waals surface area contributed by atoms with E-state index in [1.54, 1.807) is 0 Å². The van der Waals surface area contributed by atoms with Crippen molar-refractivity contribution in [2.45, 2.75) is 39.2 Å². The predicted octanol–water partition coefficient (Wildman–Crippen LogP) is 4.78. The zero-order valence-corrected chi connectivity index (χ0v) is 19.0. The van der Waals surface area contributed by atoms with Crippen LogP contribution < -0.4 is 0 Å². The minimum Gasteiger partial charge on any atom is -0.462 e. The van der Waals surface area contributed by atoms with E-state index in [0.29, 0.717) is 25.0 Å². The van der Waals surface area contributed by atoms with E-state index in [1.165, 1.54) is 6.92 Å². The average molecular weight is 642 g/mol. The molecule has 0 aliphatic heterocycles. The summed E-state index contributed by atoms with van der Waals surface area (Å²) in [5.74, 6) is -0.615. The van der Waals surface area contributed by atoms with Crippen molar-refractivity contribution in [3.8, 4) is 0 Å². The van der Waals surface area contributed by atoms with Crippen LogP contribution in [0, 0.1) is 10.7 Å². The van der Waals surface area contributed by atoms with Crippen LogP contribution in [0.15, 0.2) is 12.1 Å². The summed E-state index contributed by atoms with van der Waals surface area (Å²) in [6.07, 6.45) is 1.28. The molecule has 0 heterocycles. The Kier molecular flexibility index (Phi) is 8.34. The monoisotopic (exact) mass is 642 g/mol. The third kappa shape index (κ3) is 6.85. The molecule has 0 unspecified atom stereocenters. The van der Waals surface area contributed by atoms with Crippen molar-refractivity contribution in [1.29, 1.82) is 0 Å². The highest BCUT2D eigenvalue weighted by Crippen LogP contribution is 2.24. The van der Waals surface area contributed by atoms with Crippen LogP contribution in [0.1, 0.15) is 44.0 Å². The highest BCUT2D eigenvalue weighted by Gasteiger charge is 2.21. The molecule has 1 aromatic rings. The quantitative estimate of drug-likeness (QED) is 0.194. The maximum Gasteiger partial charge on any atom is 0.339 e. The van der Waals surface area contributed by atoms with Gasteiger partial charge >= 0.3 is 11.9 Å². The summed E-state index contributed by atoms with van der Waals surface area (Å²) in [4.78, 5) is 23.1. The number of esters is 2. The Bertz CT molecular complexity index is 570. The Balaban J connectivity index is 2.53. The Hall–Kier alpha value is 0.350. The molecule has 1 aromatic carbocycles. The smallest absolute Gasteiger partial charge is 0.339 e. The zero-order chi connectivity index (χ0) is 16.9. The molecular weight excluding hydrogens is 625 g/mol. The molecule has 0 bridgehead atoms. The molecule has 0 aliphatic carbocycles. The predicted molar refractivity (Wildman–Crippen MR) is 110 cm³/mol. The van der Waals surface area contributed by atoms with Gasteiger partial charge in [0.1, 0.15) is 5.60 Å². The number of ether oxygens (including phenoxy) is 2. The molecule has 0 aromatic heterocycles. The van der Waals surface area contributed by atoms with Crippen LogP contribution in [0.5, 0.6) is 0 Å². The molecule has 0 radical (unpaired) electrons. The van der Waals surface area contributed by atoms with Crippen LogP contribution in [-0.2, 0) is 14.3 Å². The van der Waals surface area contributed by atoms with Crippen molar-refractivity contribution >= 4 is 79.7 Å². The van der Waals surface area contributed by atoms with Crippen molar-refractivity contribution in [3.05, 3.63) is 28.4 Å². The summed E-state index contributed by atoms with van der Waals surface area (Å²) in [5, 5.41) is 0. The van der Waals surface area contributed by atoms with Crippen molar-refractivity contribution < 1.29 is 19.1 Å². The van der Waals surface area contributed by atoms with Gasteiger partial charge in [-0.2, -0.15) is 0 Å². The second kappa shape index (κ2) is 9.00. The summed E-state index contributed by atoms with van der Waals surface area (Å²) in [6.45, 7) is 5.40. The topological polar surface area (TPSA) is 52.6 Å². The maximum absolute atomic E-state index is 12.2. The first-order valence-electron chi connectivity index (χ1n) is 6.63. The molecule has 0 saturated carbocycles. The van der Waals surface area contributed by atoms with Crippen LogP contribution in [0.3, 0.4) is 0 Å². The molecule has 0 atom stereocenters. The number of hydrogen-bond acceptors (Lipinski definition) is 4. The maximum atomic E-state index is 12.2. The lowest BCUT2D eigenvalue weighted by molar-refractivity contribution is -0.154. The number of carbonyl (C=O) groups excluding carboxylic acids is 2. The van der Waals surface area contributed by atoms with Crippen LogP contribution in [0.4, 0.5) is 0 Å². The summed E-state index contributed by atoms with van der Waals surface area (Å²) in [5.41, 5.74) is 0.0561. The molecule has 7 heteroatoms. The average Bonchev–Trinajstić information content (AvgIpc) is 2.37. The molecular formula is C15H17I3O4. The summed E-state index contributed by atoms with van der Waals surface area (Å²) < 4.78 is 13.5. The third-order valence-corrected chi connectivity index (χ3v) is 6.46. The molecule has 1 rings (SSSR count). The van der Waals surface area contributed by atoms with Gasteiger partial charge in [0, 0.05) is 17.6 Å². The van der Waals surface area contributed by atoms with Gasteiger partial charge in [-0.15, -0.1) is 0 Å². The standard InChI is InChI=1S/C15H17I3O4/c1-9(19)22-15(2,3)5-4-6-21-14(20)11-7-10(16)8-12(17)13(11)18/h7-8H,4-6H2,1-3H3. The summed E-state index contributed by atoms with van der Waals surface area (Å²) in [7, 11) is 0. The van der Waals surface area contributed by atoms with E-state index >= 15 is 0 Å². The molecule has 0 saturated heterocycles. The van der Waals surface area contributed by atoms with E-state index in [-0.39, 0.29) is 11.9 Å². The highest BCUT2D eigenvalue weighted by molar-refractivity contribution is 14.1. The number of hydrogen-bond donors (Lipinski definition) is 0. The van der Waals surface area contributed by atoms with Gasteiger partial charge in [-0.05, 0) is 107 Å². The fourth-order valence-electron chi connectivity index (χ4n) is 1.89.